The molecule has 0 radical (unpaired) electrons. The molecule has 2 amide bonds. The molecule has 0 saturated heterocycles. The van der Waals surface area contributed by atoms with Crippen molar-refractivity contribution in [1.82, 2.24) is 30.4 Å². The number of nitrogens with one attached hydrogen (secondary N) is 2. The second kappa shape index (κ2) is 8.24. The fourth-order valence-electron chi connectivity index (χ4n) is 2.43. The highest BCUT2D eigenvalue weighted by atomic mass is 16.6. The maximum atomic E-state index is 12.0. The lowest BCUT2D eigenvalue weighted by molar-refractivity contribution is -0.386. The fraction of sp³-hybridized carbons (Fsp3) is 0.429. The molecule has 14 heteroatoms. The van der Waals surface area contributed by atoms with Crippen LogP contribution in [-0.2, 0) is 16.1 Å². The van der Waals surface area contributed by atoms with Crippen LogP contribution in [0.1, 0.15) is 30.8 Å². The van der Waals surface area contributed by atoms with E-state index in [1.165, 1.54) is 25.5 Å². The second-order valence-electron chi connectivity index (χ2n) is 5.90. The third-order valence-electron chi connectivity index (χ3n) is 3.98. The molecule has 2 N–H and O–H groups in total. The number of hydrogen-bond donors (Lipinski definition) is 2. The molecule has 2 aromatic rings. The van der Waals surface area contributed by atoms with Crippen molar-refractivity contribution in [2.75, 3.05) is 0 Å². The van der Waals surface area contributed by atoms with Gasteiger partial charge in [-0.3, -0.25) is 50.0 Å². The number of carbonyl (C=O) groups excluding carboxylic acids is 2. The van der Waals surface area contributed by atoms with E-state index in [1.807, 2.05) is 0 Å². The van der Waals surface area contributed by atoms with Crippen molar-refractivity contribution in [3.05, 3.63) is 44.0 Å². The van der Waals surface area contributed by atoms with Crippen molar-refractivity contribution in [3.63, 3.8) is 0 Å². The average molecular weight is 394 g/mol. The Morgan fingerprint density at radius 2 is 1.89 bits per heavy atom. The summed E-state index contributed by atoms with van der Waals surface area (Å²) in [7, 11) is 0. The summed E-state index contributed by atoms with van der Waals surface area (Å²) in [4.78, 5) is 44.4. The minimum absolute atomic E-state index is 0.0823. The van der Waals surface area contributed by atoms with Crippen molar-refractivity contribution >= 4 is 23.2 Å². The van der Waals surface area contributed by atoms with Gasteiger partial charge in [0.2, 0.25) is 5.91 Å². The molecule has 0 bridgehead atoms. The minimum Gasteiger partial charge on any atom is -0.273 e. The van der Waals surface area contributed by atoms with Gasteiger partial charge in [-0.25, -0.2) is 0 Å². The van der Waals surface area contributed by atoms with Gasteiger partial charge in [0.1, 0.15) is 29.8 Å². The number of carbonyl (C=O) groups is 2. The summed E-state index contributed by atoms with van der Waals surface area (Å²) in [5, 5.41) is 29.4. The van der Waals surface area contributed by atoms with Gasteiger partial charge in [-0.15, -0.1) is 0 Å². The van der Waals surface area contributed by atoms with Gasteiger partial charge in [0, 0.05) is 6.42 Å². The summed E-state index contributed by atoms with van der Waals surface area (Å²) in [6.45, 7) is 4.57. The molecular weight excluding hydrogens is 376 g/mol. The van der Waals surface area contributed by atoms with Gasteiger partial charge in [-0.1, -0.05) is 0 Å². The summed E-state index contributed by atoms with van der Waals surface area (Å²) in [5.74, 6) is -1.17. The number of nitro groups is 2. The highest BCUT2D eigenvalue weighted by Crippen LogP contribution is 2.21. The third kappa shape index (κ3) is 4.46. The lowest BCUT2D eigenvalue weighted by atomic mass is 10.3. The first-order chi connectivity index (χ1) is 13.1. The van der Waals surface area contributed by atoms with E-state index < -0.39 is 27.7 Å². The van der Waals surface area contributed by atoms with Gasteiger partial charge in [0.15, 0.2) is 0 Å². The van der Waals surface area contributed by atoms with Crippen molar-refractivity contribution in [1.29, 1.82) is 0 Å². The summed E-state index contributed by atoms with van der Waals surface area (Å²) in [6.07, 6.45) is 2.03. The predicted octanol–water partition coefficient (Wildman–Crippen LogP) is 0.312. The first-order valence-electron chi connectivity index (χ1n) is 8.07. The summed E-state index contributed by atoms with van der Waals surface area (Å²) in [6, 6.07) is -0.896. The molecule has 1 atom stereocenters. The predicted molar refractivity (Wildman–Crippen MR) is 92.9 cm³/mol. The maximum absolute atomic E-state index is 12.0. The SMILES string of the molecule is Cc1nn(CCC(=O)NNC(=O)[C@@H](C)n2cc([N+](=O)[O-])cn2)c(C)c1[N+](=O)[O-]. The van der Waals surface area contributed by atoms with E-state index >= 15 is 0 Å². The summed E-state index contributed by atoms with van der Waals surface area (Å²) in [5.41, 5.74) is 4.62. The van der Waals surface area contributed by atoms with Crippen LogP contribution in [0.3, 0.4) is 0 Å². The average Bonchev–Trinajstić information content (AvgIpc) is 3.22. The molecule has 0 aliphatic rings. The number of amides is 2. The van der Waals surface area contributed by atoms with Crippen molar-refractivity contribution < 1.29 is 19.4 Å². The van der Waals surface area contributed by atoms with Crippen LogP contribution in [0.4, 0.5) is 11.4 Å². The van der Waals surface area contributed by atoms with E-state index in [9.17, 15) is 29.8 Å². The van der Waals surface area contributed by atoms with Crippen LogP contribution < -0.4 is 10.9 Å². The molecule has 0 unspecified atom stereocenters. The van der Waals surface area contributed by atoms with Crippen LogP contribution in [0.5, 0.6) is 0 Å². The molecule has 150 valence electrons. The molecule has 2 heterocycles. The number of hydrazine groups is 1. The van der Waals surface area contributed by atoms with Crippen LogP contribution in [0, 0.1) is 34.1 Å². The van der Waals surface area contributed by atoms with Crippen molar-refractivity contribution in [2.24, 2.45) is 0 Å². The van der Waals surface area contributed by atoms with E-state index in [0.29, 0.717) is 5.69 Å². The van der Waals surface area contributed by atoms with Crippen molar-refractivity contribution in [2.45, 2.75) is 39.8 Å². The molecule has 28 heavy (non-hydrogen) atoms. The first kappa shape index (κ1) is 20.5. The smallest absolute Gasteiger partial charge is 0.273 e. The molecule has 14 nitrogen and oxygen atoms in total. The van der Waals surface area contributed by atoms with Gasteiger partial charge < -0.3 is 0 Å². The van der Waals surface area contributed by atoms with Gasteiger partial charge in [-0.2, -0.15) is 10.2 Å². The molecule has 0 aromatic carbocycles. The zero-order valence-electron chi connectivity index (χ0n) is 15.3. The Balaban J connectivity index is 1.86. The lowest BCUT2D eigenvalue weighted by Crippen LogP contribution is -2.44. The standard InChI is InChI=1S/C14H18N8O6/c1-8-13(22(27)28)9(2)19(18-8)5-4-12(23)16-17-14(24)10(3)20-7-11(6-15-20)21(25)26/h6-7,10H,4-5H2,1-3H3,(H,16,23)(H,17,24)/t10-/m1/s1. The topological polar surface area (TPSA) is 180 Å². The molecule has 0 spiro atoms. The number of aryl methyl sites for hydroxylation is 2. The third-order valence-corrected chi connectivity index (χ3v) is 3.98. The van der Waals surface area contributed by atoms with E-state index in [-0.39, 0.29) is 30.0 Å². The Morgan fingerprint density at radius 3 is 2.43 bits per heavy atom. The first-order valence-corrected chi connectivity index (χ1v) is 8.07. The number of nitrogens with zero attached hydrogens (tertiary/aromatic N) is 6. The largest absolute Gasteiger partial charge is 0.312 e. The van der Waals surface area contributed by atoms with Crippen LogP contribution in [0.2, 0.25) is 0 Å². The number of hydrogen-bond acceptors (Lipinski definition) is 8. The lowest BCUT2D eigenvalue weighted by Gasteiger charge is -2.13. The quantitative estimate of drug-likeness (QED) is 0.497. The van der Waals surface area contributed by atoms with Gasteiger partial charge >= 0.3 is 11.4 Å². The normalized spacial score (nSPS) is 11.7. The summed E-state index contributed by atoms with van der Waals surface area (Å²) < 4.78 is 2.44. The molecule has 2 rings (SSSR count). The van der Waals surface area contributed by atoms with Crippen LogP contribution in [-0.4, -0.2) is 41.2 Å². The number of aromatic nitrogens is 4. The molecule has 0 aliphatic carbocycles. The minimum atomic E-state index is -0.896. The van der Waals surface area contributed by atoms with Crippen LogP contribution in [0.15, 0.2) is 12.4 Å². The van der Waals surface area contributed by atoms with E-state index in [2.05, 4.69) is 21.0 Å². The van der Waals surface area contributed by atoms with Crippen LogP contribution >= 0.6 is 0 Å². The summed E-state index contributed by atoms with van der Waals surface area (Å²) >= 11 is 0. The van der Waals surface area contributed by atoms with Crippen LogP contribution in [0.25, 0.3) is 0 Å². The van der Waals surface area contributed by atoms with E-state index in [0.717, 1.165) is 17.1 Å². The van der Waals surface area contributed by atoms with Gasteiger partial charge in [-0.05, 0) is 20.8 Å². The molecule has 0 aliphatic heterocycles. The number of rotatable bonds is 7. The van der Waals surface area contributed by atoms with E-state index in [1.54, 1.807) is 0 Å². The Kier molecular flexibility index (Phi) is 6.02. The zero-order chi connectivity index (χ0) is 21.0. The Morgan fingerprint density at radius 1 is 1.21 bits per heavy atom. The molecular formula is C14H18N8O6. The molecule has 2 aromatic heterocycles. The Hall–Kier alpha value is -3.84. The van der Waals surface area contributed by atoms with E-state index in [4.69, 9.17) is 0 Å². The van der Waals surface area contributed by atoms with Crippen molar-refractivity contribution in [3.8, 4) is 0 Å². The van der Waals surface area contributed by atoms with Gasteiger partial charge in [0.25, 0.3) is 5.91 Å². The maximum Gasteiger partial charge on any atom is 0.312 e. The fourth-order valence-corrected chi connectivity index (χ4v) is 2.43. The molecule has 0 saturated carbocycles. The van der Waals surface area contributed by atoms with Gasteiger partial charge in [0.05, 0.1) is 16.4 Å². The highest BCUT2D eigenvalue weighted by molar-refractivity contribution is 5.84. The zero-order valence-corrected chi connectivity index (χ0v) is 15.3. The molecule has 0 fully saturated rings. The monoisotopic (exact) mass is 394 g/mol. The Labute approximate surface area is 157 Å². The second-order valence-corrected chi connectivity index (χ2v) is 5.90. The highest BCUT2D eigenvalue weighted by Gasteiger charge is 2.22. The Bertz CT molecular complexity index is 932.